The van der Waals surface area contributed by atoms with Crippen LogP contribution in [0.4, 0.5) is 11.4 Å². The smallest absolute Gasteiger partial charge is 0.269 e. The lowest BCUT2D eigenvalue weighted by molar-refractivity contribution is -0.385. The van der Waals surface area contributed by atoms with Crippen LogP contribution in [0.2, 0.25) is 0 Å². The number of hydrogen-bond acceptors (Lipinski definition) is 10. The monoisotopic (exact) mass is 540 g/mol. The van der Waals surface area contributed by atoms with Crippen LogP contribution in [0, 0.1) is 20.2 Å². The van der Waals surface area contributed by atoms with Crippen LogP contribution in [-0.2, 0) is 31.0 Å². The summed E-state index contributed by atoms with van der Waals surface area (Å²) in [5.74, 6) is 2.79. The molecule has 2 aromatic carbocycles. The Kier molecular flexibility index (Phi) is 8.50. The lowest BCUT2D eigenvalue weighted by Gasteiger charge is -2.09. The fraction of sp³-hybridized carbons (Fsp3) is 0.304. The van der Waals surface area contributed by atoms with E-state index in [2.05, 4.69) is 20.4 Å². The van der Waals surface area contributed by atoms with Gasteiger partial charge in [-0.05, 0) is 25.0 Å². The zero-order valence-electron chi connectivity index (χ0n) is 20.2. The van der Waals surface area contributed by atoms with E-state index in [1.54, 1.807) is 24.3 Å². The molecule has 0 unspecified atom stereocenters. The average Bonchev–Trinajstić information content (AvgIpc) is 3.49. The van der Waals surface area contributed by atoms with Gasteiger partial charge in [0, 0.05) is 48.9 Å². The fourth-order valence-electron chi connectivity index (χ4n) is 3.61. The lowest BCUT2D eigenvalue weighted by Crippen LogP contribution is -2.09. The van der Waals surface area contributed by atoms with Crippen LogP contribution in [0.25, 0.3) is 0 Å². The van der Waals surface area contributed by atoms with Gasteiger partial charge < -0.3 is 9.13 Å². The molecule has 4 rings (SSSR count). The maximum Gasteiger partial charge on any atom is 0.269 e. The molecule has 0 N–H and O–H groups in total. The van der Waals surface area contributed by atoms with E-state index in [0.717, 1.165) is 33.1 Å². The van der Waals surface area contributed by atoms with Crippen LogP contribution < -0.4 is 0 Å². The Balaban J connectivity index is 1.42. The summed E-state index contributed by atoms with van der Waals surface area (Å²) in [5, 5.41) is 40.7. The van der Waals surface area contributed by atoms with E-state index in [4.69, 9.17) is 0 Å². The van der Waals surface area contributed by atoms with E-state index in [9.17, 15) is 20.2 Å². The highest BCUT2D eigenvalue weighted by Gasteiger charge is 2.18. The molecule has 192 valence electrons. The standard InChI is InChI=1S/C23H24N8O4S2/c1-3-28-20(24-26-22(28)36-14-16-5-9-18(10-6-16)30(32)33)13-21-25-27-23(29(21)4-2)37-15-17-7-11-19(12-8-17)31(34)35/h5-12H,3-4,13-15H2,1-2H3. The first-order chi connectivity index (χ1) is 17.9. The van der Waals surface area contributed by atoms with Gasteiger partial charge in [-0.2, -0.15) is 0 Å². The molecular formula is C23H24N8O4S2. The minimum absolute atomic E-state index is 0.0677. The number of benzene rings is 2. The van der Waals surface area contributed by atoms with Crippen molar-refractivity contribution in [3.05, 3.63) is 91.5 Å². The number of nitro groups is 2. The van der Waals surface area contributed by atoms with Crippen molar-refractivity contribution in [3.63, 3.8) is 0 Å². The maximum absolute atomic E-state index is 10.9. The zero-order valence-corrected chi connectivity index (χ0v) is 21.8. The summed E-state index contributed by atoms with van der Waals surface area (Å²) in [6.45, 7) is 5.43. The molecule has 0 spiro atoms. The molecule has 0 saturated heterocycles. The van der Waals surface area contributed by atoms with Gasteiger partial charge in [0.05, 0.1) is 16.3 Å². The van der Waals surface area contributed by atoms with Gasteiger partial charge in [-0.15, -0.1) is 20.4 Å². The predicted octanol–water partition coefficient (Wildman–Crippen LogP) is 4.90. The first-order valence-corrected chi connectivity index (χ1v) is 13.4. The second-order valence-corrected chi connectivity index (χ2v) is 9.77. The molecule has 0 radical (unpaired) electrons. The molecule has 0 amide bonds. The highest BCUT2D eigenvalue weighted by molar-refractivity contribution is 7.98. The molecular weight excluding hydrogens is 516 g/mol. The van der Waals surface area contributed by atoms with Crippen LogP contribution in [0.15, 0.2) is 58.8 Å². The van der Waals surface area contributed by atoms with Gasteiger partial charge in [0.2, 0.25) is 0 Å². The Hall–Kier alpha value is -3.78. The molecule has 0 saturated carbocycles. The van der Waals surface area contributed by atoms with E-state index in [1.807, 2.05) is 23.0 Å². The van der Waals surface area contributed by atoms with Crippen LogP contribution in [-0.4, -0.2) is 39.4 Å². The summed E-state index contributed by atoms with van der Waals surface area (Å²) in [7, 11) is 0. The van der Waals surface area contributed by atoms with Gasteiger partial charge >= 0.3 is 0 Å². The van der Waals surface area contributed by atoms with Crippen molar-refractivity contribution in [2.45, 2.75) is 55.2 Å². The van der Waals surface area contributed by atoms with Gasteiger partial charge in [0.15, 0.2) is 10.3 Å². The second kappa shape index (κ2) is 12.0. The molecule has 0 fully saturated rings. The minimum atomic E-state index is -0.411. The first-order valence-electron chi connectivity index (χ1n) is 11.5. The van der Waals surface area contributed by atoms with Crippen molar-refractivity contribution in [3.8, 4) is 0 Å². The molecule has 0 aliphatic rings. The number of nitrogens with zero attached hydrogens (tertiary/aromatic N) is 8. The third-order valence-corrected chi connectivity index (χ3v) is 7.64. The molecule has 0 aliphatic carbocycles. The van der Waals surface area contributed by atoms with Gasteiger partial charge in [-0.1, -0.05) is 47.8 Å². The molecule has 12 nitrogen and oxygen atoms in total. The van der Waals surface area contributed by atoms with Crippen molar-refractivity contribution in [2.24, 2.45) is 0 Å². The van der Waals surface area contributed by atoms with E-state index in [1.165, 1.54) is 47.8 Å². The topological polar surface area (TPSA) is 148 Å². The second-order valence-electron chi connectivity index (χ2n) is 7.89. The number of non-ortho nitro benzene ring substituents is 2. The van der Waals surface area contributed by atoms with Crippen molar-refractivity contribution >= 4 is 34.9 Å². The van der Waals surface area contributed by atoms with E-state index < -0.39 is 9.85 Å². The largest absolute Gasteiger partial charge is 0.306 e. The molecule has 0 bridgehead atoms. The molecule has 2 heterocycles. The summed E-state index contributed by atoms with van der Waals surface area (Å²) >= 11 is 3.05. The molecule has 37 heavy (non-hydrogen) atoms. The first kappa shape index (κ1) is 26.3. The van der Waals surface area contributed by atoms with E-state index in [-0.39, 0.29) is 11.4 Å². The highest BCUT2D eigenvalue weighted by Crippen LogP contribution is 2.26. The normalized spacial score (nSPS) is 11.1. The Morgan fingerprint density at radius 3 is 1.38 bits per heavy atom. The van der Waals surface area contributed by atoms with Crippen molar-refractivity contribution in [2.75, 3.05) is 0 Å². The number of hydrogen-bond donors (Lipinski definition) is 0. The lowest BCUT2D eigenvalue weighted by atomic mass is 10.2. The predicted molar refractivity (Wildman–Crippen MR) is 140 cm³/mol. The van der Waals surface area contributed by atoms with Crippen LogP contribution >= 0.6 is 23.5 Å². The average molecular weight is 541 g/mol. The number of aromatic nitrogens is 6. The molecule has 0 aliphatic heterocycles. The molecule has 2 aromatic heterocycles. The van der Waals surface area contributed by atoms with Crippen molar-refractivity contribution in [1.29, 1.82) is 0 Å². The van der Waals surface area contributed by atoms with Gasteiger partial charge in [0.1, 0.15) is 11.6 Å². The third kappa shape index (κ3) is 6.32. The minimum Gasteiger partial charge on any atom is -0.306 e. The summed E-state index contributed by atoms with van der Waals surface area (Å²) in [5.41, 5.74) is 2.06. The molecule has 14 heteroatoms. The third-order valence-electron chi connectivity index (χ3n) is 5.57. The summed E-state index contributed by atoms with van der Waals surface area (Å²) in [6, 6.07) is 13.0. The van der Waals surface area contributed by atoms with Crippen LogP contribution in [0.1, 0.15) is 36.6 Å². The van der Waals surface area contributed by atoms with Crippen LogP contribution in [0.5, 0.6) is 0 Å². The Bertz CT molecular complexity index is 1280. The summed E-state index contributed by atoms with van der Waals surface area (Å²) < 4.78 is 4.07. The van der Waals surface area contributed by atoms with Gasteiger partial charge in [-0.25, -0.2) is 0 Å². The van der Waals surface area contributed by atoms with E-state index in [0.29, 0.717) is 31.0 Å². The van der Waals surface area contributed by atoms with E-state index >= 15 is 0 Å². The van der Waals surface area contributed by atoms with Crippen molar-refractivity contribution in [1.82, 2.24) is 29.5 Å². The Morgan fingerprint density at radius 1 is 0.676 bits per heavy atom. The van der Waals surface area contributed by atoms with Gasteiger partial charge in [-0.3, -0.25) is 20.2 Å². The quantitative estimate of drug-likeness (QED) is 0.138. The van der Waals surface area contributed by atoms with Gasteiger partial charge in [0.25, 0.3) is 11.4 Å². The number of nitro benzene ring substituents is 2. The zero-order chi connectivity index (χ0) is 26.4. The maximum atomic E-state index is 10.9. The Morgan fingerprint density at radius 2 is 1.05 bits per heavy atom. The fourth-order valence-corrected chi connectivity index (χ4v) is 5.57. The number of thioether (sulfide) groups is 2. The summed E-state index contributed by atoms with van der Waals surface area (Å²) in [6.07, 6.45) is 0.470. The molecule has 4 aromatic rings. The Labute approximate surface area is 220 Å². The van der Waals surface area contributed by atoms with Crippen LogP contribution in [0.3, 0.4) is 0 Å². The highest BCUT2D eigenvalue weighted by atomic mass is 32.2. The summed E-state index contributed by atoms with van der Waals surface area (Å²) in [4.78, 5) is 20.9. The number of rotatable bonds is 12. The SMILES string of the molecule is CCn1c(Cc2nnc(SCc3ccc([N+](=O)[O-])cc3)n2CC)nnc1SCc1ccc([N+](=O)[O-])cc1. The molecule has 0 atom stereocenters. The van der Waals surface area contributed by atoms with Crippen molar-refractivity contribution < 1.29 is 9.85 Å².